The first kappa shape index (κ1) is 35.9. The molecule has 40 heavy (non-hydrogen) atoms. The van der Waals surface area contributed by atoms with Gasteiger partial charge in [0.15, 0.2) is 0 Å². The minimum atomic E-state index is -0.258. The molecule has 0 aliphatic heterocycles. The summed E-state index contributed by atoms with van der Waals surface area (Å²) in [5, 5.41) is 26.4. The molecule has 0 aliphatic rings. The van der Waals surface area contributed by atoms with Crippen LogP contribution in [0.4, 0.5) is 8.78 Å². The summed E-state index contributed by atoms with van der Waals surface area (Å²) in [6, 6.07) is 26.9. The van der Waals surface area contributed by atoms with Crippen LogP contribution in [-0.4, -0.2) is 21.8 Å². The van der Waals surface area contributed by atoms with Gasteiger partial charge in [0.1, 0.15) is 36.3 Å². The Morgan fingerprint density at radius 1 is 0.675 bits per heavy atom. The number of nitrogens with one attached hydrogen (secondary N) is 1. The molecule has 6 N–H and O–H groups in total. The fourth-order valence-corrected chi connectivity index (χ4v) is 3.01. The SMILES string of the molecule is C.Cl.NO.ON=Cc1ccc(OCc2ccc(F)cc2)cc1.ONCc1ccc(OCc2ccc(F)cc2)cc1. The topological polar surface area (TPSA) is 130 Å². The first-order valence-electron chi connectivity index (χ1n) is 11.3. The van der Waals surface area contributed by atoms with Crippen LogP contribution in [0, 0.1) is 11.6 Å². The van der Waals surface area contributed by atoms with Gasteiger partial charge in [-0.3, -0.25) is 0 Å². The van der Waals surface area contributed by atoms with E-state index >= 15 is 0 Å². The van der Waals surface area contributed by atoms with Crippen molar-refractivity contribution in [3.63, 3.8) is 0 Å². The second-order valence-corrected chi connectivity index (χ2v) is 7.62. The Hall–Kier alpha value is -4.06. The Morgan fingerprint density at radius 3 is 1.43 bits per heavy atom. The maximum Gasteiger partial charge on any atom is 0.123 e. The molecule has 0 saturated heterocycles. The standard InChI is InChI=1S/C14H14FNO2.C14H12FNO2.CH4.ClH.H3NO/c2*15-13-5-1-12(2-6-13)10-18-14-7-3-11(4-8-14)9-16-17;;;1-2/h1-8,16-17H,9-10H2;1-9,17H,10H2;1H4;1H;2H,1H2. The van der Waals surface area contributed by atoms with Gasteiger partial charge in [-0.2, -0.15) is 0 Å². The number of ether oxygens (including phenoxy) is 2. The third-order valence-electron chi connectivity index (χ3n) is 4.93. The molecule has 216 valence electrons. The summed E-state index contributed by atoms with van der Waals surface area (Å²) in [4.78, 5) is 0. The molecule has 0 bridgehead atoms. The van der Waals surface area contributed by atoms with E-state index in [4.69, 9.17) is 25.1 Å². The number of halogens is 3. The zero-order valence-corrected chi connectivity index (χ0v) is 21.6. The lowest BCUT2D eigenvalue weighted by molar-refractivity contribution is 0.161. The molecule has 0 spiro atoms. The summed E-state index contributed by atoms with van der Waals surface area (Å²) in [7, 11) is 0. The highest BCUT2D eigenvalue weighted by Crippen LogP contribution is 2.15. The van der Waals surface area contributed by atoms with E-state index in [1.54, 1.807) is 48.5 Å². The molecule has 0 amide bonds. The van der Waals surface area contributed by atoms with E-state index in [9.17, 15) is 8.78 Å². The molecule has 0 aromatic heterocycles. The van der Waals surface area contributed by atoms with Gasteiger partial charge < -0.3 is 25.1 Å². The van der Waals surface area contributed by atoms with Gasteiger partial charge in [-0.25, -0.2) is 20.2 Å². The van der Waals surface area contributed by atoms with E-state index in [0.29, 0.717) is 25.5 Å². The quantitative estimate of drug-likeness (QED) is 0.0873. The fourth-order valence-electron chi connectivity index (χ4n) is 3.01. The Kier molecular flexibility index (Phi) is 18.7. The van der Waals surface area contributed by atoms with Gasteiger partial charge in [-0.1, -0.05) is 49.0 Å². The van der Waals surface area contributed by atoms with Crippen LogP contribution >= 0.6 is 12.4 Å². The summed E-state index contributed by atoms with van der Waals surface area (Å²) in [6.45, 7) is 1.18. The second kappa shape index (κ2) is 20.8. The third kappa shape index (κ3) is 13.7. The summed E-state index contributed by atoms with van der Waals surface area (Å²) in [5.74, 6) is 4.43. The van der Waals surface area contributed by atoms with Crippen LogP contribution in [-0.2, 0) is 19.8 Å². The summed E-state index contributed by atoms with van der Waals surface area (Å²) in [5.41, 5.74) is 5.65. The van der Waals surface area contributed by atoms with Gasteiger partial charge in [-0.05, 0) is 82.9 Å². The van der Waals surface area contributed by atoms with Crippen LogP contribution < -0.4 is 20.9 Å². The normalized spacial score (nSPS) is 9.62. The van der Waals surface area contributed by atoms with Crippen LogP contribution in [0.25, 0.3) is 0 Å². The lowest BCUT2D eigenvalue weighted by atomic mass is 10.2. The largest absolute Gasteiger partial charge is 0.489 e. The Balaban J connectivity index is 0.000000684. The lowest BCUT2D eigenvalue weighted by Crippen LogP contribution is -2.05. The highest BCUT2D eigenvalue weighted by atomic mass is 35.5. The van der Waals surface area contributed by atoms with Crippen LogP contribution in [0.2, 0.25) is 0 Å². The van der Waals surface area contributed by atoms with E-state index in [1.165, 1.54) is 30.5 Å². The van der Waals surface area contributed by atoms with E-state index < -0.39 is 0 Å². The molecule has 8 nitrogen and oxygen atoms in total. The van der Waals surface area contributed by atoms with Gasteiger partial charge in [0, 0.05) is 6.54 Å². The summed E-state index contributed by atoms with van der Waals surface area (Å²) < 4.78 is 36.5. The number of hydrogen-bond acceptors (Lipinski definition) is 8. The highest BCUT2D eigenvalue weighted by molar-refractivity contribution is 5.85. The van der Waals surface area contributed by atoms with Gasteiger partial charge in [0.25, 0.3) is 0 Å². The number of nitrogens with zero attached hydrogens (tertiary/aromatic N) is 1. The van der Waals surface area contributed by atoms with E-state index in [-0.39, 0.29) is 31.5 Å². The van der Waals surface area contributed by atoms with E-state index in [0.717, 1.165) is 28.0 Å². The monoisotopic (exact) mass is 577 g/mol. The molecule has 0 fully saturated rings. The van der Waals surface area contributed by atoms with Gasteiger partial charge >= 0.3 is 0 Å². The van der Waals surface area contributed by atoms with Crippen LogP contribution in [0.15, 0.2) is 102 Å². The summed E-state index contributed by atoms with van der Waals surface area (Å²) >= 11 is 0. The molecular weight excluding hydrogens is 544 g/mol. The third-order valence-corrected chi connectivity index (χ3v) is 4.93. The van der Waals surface area contributed by atoms with Crippen molar-refractivity contribution in [2.45, 2.75) is 27.2 Å². The molecule has 4 rings (SSSR count). The van der Waals surface area contributed by atoms with Gasteiger partial charge in [0.2, 0.25) is 0 Å². The average molecular weight is 578 g/mol. The Morgan fingerprint density at radius 2 is 1.05 bits per heavy atom. The molecule has 4 aromatic rings. The molecule has 0 unspecified atom stereocenters. The zero-order valence-electron chi connectivity index (χ0n) is 20.8. The number of benzene rings is 4. The maximum atomic E-state index is 12.7. The number of hydrogen-bond donors (Lipinski definition) is 5. The second-order valence-electron chi connectivity index (χ2n) is 7.62. The van der Waals surface area contributed by atoms with Crippen LogP contribution in [0.5, 0.6) is 11.5 Å². The fraction of sp³-hybridized carbons (Fsp3) is 0.138. The minimum Gasteiger partial charge on any atom is -0.489 e. The predicted molar refractivity (Wildman–Crippen MR) is 152 cm³/mol. The molecule has 4 aromatic carbocycles. The first-order chi connectivity index (χ1) is 18.6. The smallest absolute Gasteiger partial charge is 0.123 e. The van der Waals surface area contributed by atoms with Crippen molar-refractivity contribution in [2.24, 2.45) is 11.1 Å². The van der Waals surface area contributed by atoms with Crippen molar-refractivity contribution in [2.75, 3.05) is 0 Å². The van der Waals surface area contributed by atoms with Crippen LogP contribution in [0.1, 0.15) is 29.7 Å². The number of nitrogens with two attached hydrogens (primary N) is 1. The summed E-state index contributed by atoms with van der Waals surface area (Å²) in [6.07, 6.45) is 1.34. The molecular formula is C29H34ClF2N3O5. The first-order valence-corrected chi connectivity index (χ1v) is 11.3. The van der Waals surface area contributed by atoms with Crippen molar-refractivity contribution in [1.82, 2.24) is 5.48 Å². The van der Waals surface area contributed by atoms with Gasteiger partial charge in [0.05, 0.1) is 6.21 Å². The van der Waals surface area contributed by atoms with Crippen molar-refractivity contribution in [3.05, 3.63) is 131 Å². The molecule has 0 atom stereocenters. The van der Waals surface area contributed by atoms with E-state index in [1.807, 2.05) is 24.3 Å². The molecule has 11 heteroatoms. The molecule has 0 aliphatic carbocycles. The number of rotatable bonds is 9. The van der Waals surface area contributed by atoms with Crippen molar-refractivity contribution >= 4 is 18.6 Å². The Labute approximate surface area is 238 Å². The minimum absolute atomic E-state index is 0. The number of hydroxylamine groups is 1. The van der Waals surface area contributed by atoms with E-state index in [2.05, 4.69) is 16.5 Å². The van der Waals surface area contributed by atoms with Crippen molar-refractivity contribution < 1.29 is 33.9 Å². The zero-order chi connectivity index (χ0) is 27.6. The maximum absolute atomic E-state index is 12.7. The number of oxime groups is 1. The predicted octanol–water partition coefficient (Wildman–Crippen LogP) is 6.49. The van der Waals surface area contributed by atoms with Crippen molar-refractivity contribution in [1.29, 1.82) is 0 Å². The molecule has 0 heterocycles. The van der Waals surface area contributed by atoms with Gasteiger partial charge in [-0.15, -0.1) is 12.4 Å². The molecule has 0 saturated carbocycles. The Bertz CT molecular complexity index is 1210. The highest BCUT2D eigenvalue weighted by Gasteiger charge is 1.99. The lowest BCUT2D eigenvalue weighted by Gasteiger charge is -2.07. The average Bonchev–Trinajstić information content (AvgIpc) is 2.96. The van der Waals surface area contributed by atoms with Crippen molar-refractivity contribution in [3.8, 4) is 11.5 Å². The molecule has 0 radical (unpaired) electrons. The van der Waals surface area contributed by atoms with Crippen LogP contribution in [0.3, 0.4) is 0 Å².